The van der Waals surface area contributed by atoms with Gasteiger partial charge in [0.15, 0.2) is 0 Å². The normalized spacial score (nSPS) is 18.4. The zero-order valence-electron chi connectivity index (χ0n) is 9.08. The van der Waals surface area contributed by atoms with Crippen molar-refractivity contribution in [1.82, 2.24) is 9.78 Å². The molecule has 0 bridgehead atoms. The van der Waals surface area contributed by atoms with Gasteiger partial charge in [0.05, 0.1) is 0 Å². The van der Waals surface area contributed by atoms with E-state index in [1.807, 2.05) is 18.8 Å². The summed E-state index contributed by atoms with van der Waals surface area (Å²) >= 11 is 0. The van der Waals surface area contributed by atoms with E-state index in [1.54, 1.807) is 0 Å². The van der Waals surface area contributed by atoms with Crippen molar-refractivity contribution in [3.63, 3.8) is 0 Å². The average molecular weight is 193 g/mol. The Morgan fingerprint density at radius 1 is 1.36 bits per heavy atom. The third-order valence-corrected chi connectivity index (χ3v) is 3.20. The Bertz CT molecular complexity index is 297. The van der Waals surface area contributed by atoms with E-state index >= 15 is 0 Å². The lowest BCUT2D eigenvalue weighted by molar-refractivity contribution is 0.424. The topological polar surface area (TPSA) is 29.9 Å². The Hall–Kier alpha value is -0.990. The number of hydrogen-bond acceptors (Lipinski definition) is 2. The van der Waals surface area contributed by atoms with Crippen molar-refractivity contribution < 1.29 is 0 Å². The third kappa shape index (κ3) is 1.76. The zero-order chi connectivity index (χ0) is 9.97. The molecule has 1 saturated carbocycles. The number of nitrogens with zero attached hydrogens (tertiary/aromatic N) is 2. The Morgan fingerprint density at radius 2 is 2.07 bits per heavy atom. The molecule has 1 fully saturated rings. The summed E-state index contributed by atoms with van der Waals surface area (Å²) in [6.45, 7) is 0. The molecule has 1 aliphatic carbocycles. The van der Waals surface area contributed by atoms with Crippen molar-refractivity contribution >= 4 is 5.82 Å². The number of anilines is 1. The summed E-state index contributed by atoms with van der Waals surface area (Å²) in [6.07, 6.45) is 6.84. The van der Waals surface area contributed by atoms with Gasteiger partial charge in [-0.3, -0.25) is 4.68 Å². The second kappa shape index (κ2) is 4.03. The van der Waals surface area contributed by atoms with Crippen LogP contribution in [-0.2, 0) is 7.05 Å². The summed E-state index contributed by atoms with van der Waals surface area (Å²) in [4.78, 5) is 0. The van der Waals surface area contributed by atoms with Crippen molar-refractivity contribution in [1.29, 1.82) is 0 Å². The van der Waals surface area contributed by atoms with Gasteiger partial charge in [-0.1, -0.05) is 19.3 Å². The lowest BCUT2D eigenvalue weighted by atomic mass is 9.87. The molecule has 0 aromatic carbocycles. The minimum Gasteiger partial charge on any atom is -0.372 e. The number of rotatable bonds is 2. The largest absolute Gasteiger partial charge is 0.372 e. The second-order valence-electron chi connectivity index (χ2n) is 4.16. The van der Waals surface area contributed by atoms with E-state index in [-0.39, 0.29) is 0 Å². The van der Waals surface area contributed by atoms with E-state index < -0.39 is 0 Å². The van der Waals surface area contributed by atoms with Gasteiger partial charge in [0.1, 0.15) is 5.82 Å². The van der Waals surface area contributed by atoms with Gasteiger partial charge >= 0.3 is 0 Å². The molecule has 1 heterocycles. The first kappa shape index (κ1) is 9.56. The van der Waals surface area contributed by atoms with Crippen LogP contribution in [-0.4, -0.2) is 16.8 Å². The van der Waals surface area contributed by atoms with Gasteiger partial charge in [-0.05, 0) is 12.8 Å². The average Bonchev–Trinajstić information content (AvgIpc) is 2.61. The molecule has 3 nitrogen and oxygen atoms in total. The van der Waals surface area contributed by atoms with Gasteiger partial charge in [-0.15, -0.1) is 0 Å². The monoisotopic (exact) mass is 193 g/mol. The number of aryl methyl sites for hydroxylation is 1. The molecule has 3 heteroatoms. The quantitative estimate of drug-likeness (QED) is 0.782. The summed E-state index contributed by atoms with van der Waals surface area (Å²) in [5.74, 6) is 1.73. The van der Waals surface area contributed by atoms with Crippen LogP contribution in [0.5, 0.6) is 0 Å². The van der Waals surface area contributed by atoms with Crippen molar-refractivity contribution in [3.05, 3.63) is 11.8 Å². The van der Waals surface area contributed by atoms with Crippen LogP contribution in [0.4, 0.5) is 5.82 Å². The molecule has 1 aromatic rings. The van der Waals surface area contributed by atoms with E-state index in [0.29, 0.717) is 0 Å². The maximum absolute atomic E-state index is 4.41. The minimum absolute atomic E-state index is 0.739. The Kier molecular flexibility index (Phi) is 2.75. The first-order chi connectivity index (χ1) is 6.81. The molecule has 1 aromatic heterocycles. The summed E-state index contributed by atoms with van der Waals surface area (Å²) in [6, 6.07) is 2.19. The summed E-state index contributed by atoms with van der Waals surface area (Å²) < 4.78 is 2.03. The fraction of sp³-hybridized carbons (Fsp3) is 0.727. The predicted molar refractivity (Wildman–Crippen MR) is 58.6 cm³/mol. The van der Waals surface area contributed by atoms with Crippen LogP contribution in [0, 0.1) is 0 Å². The summed E-state index contributed by atoms with van der Waals surface area (Å²) in [5, 5.41) is 7.51. The Morgan fingerprint density at radius 3 is 2.64 bits per heavy atom. The van der Waals surface area contributed by atoms with Gasteiger partial charge < -0.3 is 5.32 Å². The highest BCUT2D eigenvalue weighted by Crippen LogP contribution is 2.33. The number of nitrogens with one attached hydrogen (secondary N) is 1. The molecule has 0 spiro atoms. The van der Waals surface area contributed by atoms with Crippen LogP contribution in [0.1, 0.15) is 43.7 Å². The Labute approximate surface area is 85.5 Å². The zero-order valence-corrected chi connectivity index (χ0v) is 9.08. The van der Waals surface area contributed by atoms with Crippen molar-refractivity contribution in [2.75, 3.05) is 12.4 Å². The fourth-order valence-electron chi connectivity index (χ4n) is 2.38. The van der Waals surface area contributed by atoms with Crippen molar-refractivity contribution in [2.45, 2.75) is 38.0 Å². The first-order valence-electron chi connectivity index (χ1n) is 5.53. The molecule has 0 atom stereocenters. The Balaban J connectivity index is 2.17. The van der Waals surface area contributed by atoms with E-state index in [2.05, 4.69) is 16.5 Å². The smallest absolute Gasteiger partial charge is 0.148 e. The molecule has 0 aliphatic heterocycles. The predicted octanol–water partition coefficient (Wildman–Crippen LogP) is 2.51. The van der Waals surface area contributed by atoms with E-state index in [9.17, 15) is 0 Å². The molecule has 0 radical (unpaired) electrons. The summed E-state index contributed by atoms with van der Waals surface area (Å²) in [5.41, 5.74) is 1.40. The molecule has 1 N–H and O–H groups in total. The second-order valence-corrected chi connectivity index (χ2v) is 4.16. The van der Waals surface area contributed by atoms with Gasteiger partial charge in [0, 0.05) is 31.8 Å². The van der Waals surface area contributed by atoms with Gasteiger partial charge in [-0.25, -0.2) is 0 Å². The van der Waals surface area contributed by atoms with Gasteiger partial charge in [-0.2, -0.15) is 5.10 Å². The third-order valence-electron chi connectivity index (χ3n) is 3.20. The lowest BCUT2D eigenvalue weighted by Crippen LogP contribution is -2.09. The number of aromatic nitrogens is 2. The van der Waals surface area contributed by atoms with Crippen LogP contribution in [0.3, 0.4) is 0 Å². The minimum atomic E-state index is 0.739. The lowest BCUT2D eigenvalue weighted by Gasteiger charge is -2.21. The molecule has 1 aliphatic rings. The number of hydrogen-bond donors (Lipinski definition) is 1. The van der Waals surface area contributed by atoms with Crippen LogP contribution in [0.25, 0.3) is 0 Å². The maximum atomic E-state index is 4.41. The van der Waals surface area contributed by atoms with E-state index in [0.717, 1.165) is 11.7 Å². The molecule has 0 amide bonds. The van der Waals surface area contributed by atoms with Crippen LogP contribution < -0.4 is 5.32 Å². The summed E-state index contributed by atoms with van der Waals surface area (Å²) in [7, 11) is 3.97. The van der Waals surface area contributed by atoms with Gasteiger partial charge in [0.25, 0.3) is 0 Å². The van der Waals surface area contributed by atoms with Crippen LogP contribution in [0.2, 0.25) is 0 Å². The SMILES string of the molecule is CNc1cc(C2CCCCC2)n(C)n1. The molecule has 14 heavy (non-hydrogen) atoms. The molecular weight excluding hydrogens is 174 g/mol. The highest BCUT2D eigenvalue weighted by atomic mass is 15.3. The highest BCUT2D eigenvalue weighted by molar-refractivity contribution is 5.36. The fourth-order valence-corrected chi connectivity index (χ4v) is 2.38. The van der Waals surface area contributed by atoms with Crippen molar-refractivity contribution in [3.8, 4) is 0 Å². The van der Waals surface area contributed by atoms with Crippen LogP contribution in [0.15, 0.2) is 6.07 Å². The molecule has 0 unspecified atom stereocenters. The van der Waals surface area contributed by atoms with Crippen molar-refractivity contribution in [2.24, 2.45) is 7.05 Å². The molecular formula is C11H19N3. The van der Waals surface area contributed by atoms with E-state index in [1.165, 1.54) is 37.8 Å². The molecule has 78 valence electrons. The van der Waals surface area contributed by atoms with Gasteiger partial charge in [0.2, 0.25) is 0 Å². The molecule has 2 rings (SSSR count). The van der Waals surface area contributed by atoms with Crippen LogP contribution >= 0.6 is 0 Å². The first-order valence-corrected chi connectivity index (χ1v) is 5.53. The molecule has 0 saturated heterocycles. The van der Waals surface area contributed by atoms with E-state index in [4.69, 9.17) is 0 Å². The highest BCUT2D eigenvalue weighted by Gasteiger charge is 2.19. The maximum Gasteiger partial charge on any atom is 0.148 e. The standard InChI is InChI=1S/C11H19N3/c1-12-11-8-10(14(2)13-11)9-6-4-3-5-7-9/h8-9H,3-7H2,1-2H3,(H,12,13).